The van der Waals surface area contributed by atoms with E-state index in [4.69, 9.17) is 0 Å². The van der Waals surface area contributed by atoms with Crippen LogP contribution in [0.4, 0.5) is 4.79 Å². The van der Waals surface area contributed by atoms with Crippen LogP contribution >= 0.6 is 0 Å². The molecule has 1 N–H and O–H groups in total. The summed E-state index contributed by atoms with van der Waals surface area (Å²) in [7, 11) is 0. The van der Waals surface area contributed by atoms with Crippen molar-refractivity contribution in [2.75, 3.05) is 6.61 Å². The van der Waals surface area contributed by atoms with Crippen molar-refractivity contribution in [2.24, 2.45) is 0 Å². The van der Waals surface area contributed by atoms with Gasteiger partial charge < -0.3 is 10.1 Å². The Morgan fingerprint density at radius 3 is 3.11 bits per heavy atom. The first-order chi connectivity index (χ1) is 4.33. The van der Waals surface area contributed by atoms with Gasteiger partial charge in [0, 0.05) is 0 Å². The van der Waals surface area contributed by atoms with Crippen LogP contribution in [-0.4, -0.2) is 18.7 Å². The lowest BCUT2D eigenvalue weighted by Crippen LogP contribution is -2.23. The van der Waals surface area contributed by atoms with Crippen molar-refractivity contribution in [3.8, 4) is 0 Å². The van der Waals surface area contributed by atoms with Crippen LogP contribution in [0.1, 0.15) is 6.92 Å². The molecule has 1 rings (SSSR count). The fourth-order valence-electron chi connectivity index (χ4n) is 0.736. The second-order valence-electron chi connectivity index (χ2n) is 1.88. The lowest BCUT2D eigenvalue weighted by atomic mass is 10.3. The molecule has 1 heterocycles. The van der Waals surface area contributed by atoms with Crippen molar-refractivity contribution < 1.29 is 9.53 Å². The molecule has 0 aromatic rings. The quantitative estimate of drug-likeness (QED) is 0.526. The van der Waals surface area contributed by atoms with Crippen molar-refractivity contribution in [2.45, 2.75) is 13.0 Å². The van der Waals surface area contributed by atoms with E-state index >= 15 is 0 Å². The monoisotopic (exact) mass is 127 g/mol. The highest BCUT2D eigenvalue weighted by Gasteiger charge is 2.18. The summed E-state index contributed by atoms with van der Waals surface area (Å²) in [4.78, 5) is 10.4. The van der Waals surface area contributed by atoms with Crippen LogP contribution in [0.2, 0.25) is 0 Å². The number of rotatable bonds is 1. The molecule has 0 aromatic carbocycles. The van der Waals surface area contributed by atoms with Gasteiger partial charge >= 0.3 is 6.09 Å². The number of alkyl carbamates (subject to hydrolysis) is 1. The molecule has 1 aliphatic rings. The maximum atomic E-state index is 10.4. The molecule has 0 saturated carbocycles. The SMILES string of the molecule is C/C=C\C1COC(=O)N1. The van der Waals surface area contributed by atoms with Crippen molar-refractivity contribution >= 4 is 6.09 Å². The molecule has 0 aromatic heterocycles. The van der Waals surface area contributed by atoms with E-state index in [0.29, 0.717) is 6.61 Å². The summed E-state index contributed by atoms with van der Waals surface area (Å²) < 4.78 is 4.62. The van der Waals surface area contributed by atoms with E-state index in [0.717, 1.165) is 0 Å². The summed E-state index contributed by atoms with van der Waals surface area (Å²) in [6.07, 6.45) is 3.46. The molecule has 1 amide bonds. The van der Waals surface area contributed by atoms with Gasteiger partial charge in [0.25, 0.3) is 0 Å². The van der Waals surface area contributed by atoms with Crippen LogP contribution in [0, 0.1) is 0 Å². The topological polar surface area (TPSA) is 38.3 Å². The van der Waals surface area contributed by atoms with Gasteiger partial charge in [-0.3, -0.25) is 0 Å². The van der Waals surface area contributed by atoms with E-state index in [1.54, 1.807) is 0 Å². The summed E-state index contributed by atoms with van der Waals surface area (Å²) in [5, 5.41) is 2.61. The fraction of sp³-hybridized carbons (Fsp3) is 0.500. The number of nitrogens with one attached hydrogen (secondary N) is 1. The Hall–Kier alpha value is -0.990. The Balaban J connectivity index is 2.39. The summed E-state index contributed by atoms with van der Waals surface area (Å²) in [6.45, 7) is 2.37. The third-order valence-corrected chi connectivity index (χ3v) is 1.12. The highest BCUT2D eigenvalue weighted by Crippen LogP contribution is 1.97. The van der Waals surface area contributed by atoms with Gasteiger partial charge in [0.1, 0.15) is 6.61 Å². The van der Waals surface area contributed by atoms with Crippen molar-refractivity contribution in [3.63, 3.8) is 0 Å². The molecule has 1 atom stereocenters. The molecule has 3 heteroatoms. The molecule has 1 aliphatic heterocycles. The Labute approximate surface area is 53.7 Å². The van der Waals surface area contributed by atoms with Gasteiger partial charge in [-0.05, 0) is 6.92 Å². The molecule has 3 nitrogen and oxygen atoms in total. The van der Waals surface area contributed by atoms with Gasteiger partial charge in [0.2, 0.25) is 0 Å². The summed E-state index contributed by atoms with van der Waals surface area (Å²) in [5.74, 6) is 0. The number of hydrogen-bond acceptors (Lipinski definition) is 2. The first-order valence-electron chi connectivity index (χ1n) is 2.89. The molecular formula is C6H9NO2. The van der Waals surface area contributed by atoms with E-state index in [1.165, 1.54) is 0 Å². The van der Waals surface area contributed by atoms with Crippen LogP contribution in [0.15, 0.2) is 12.2 Å². The smallest absolute Gasteiger partial charge is 0.407 e. The summed E-state index contributed by atoms with van der Waals surface area (Å²) in [6, 6.07) is 0.0856. The number of amides is 1. The normalized spacial score (nSPS) is 26.3. The van der Waals surface area contributed by atoms with Gasteiger partial charge in [0.15, 0.2) is 0 Å². The molecule has 1 unspecified atom stereocenters. The van der Waals surface area contributed by atoms with Crippen LogP contribution in [-0.2, 0) is 4.74 Å². The molecule has 9 heavy (non-hydrogen) atoms. The molecule has 50 valence electrons. The van der Waals surface area contributed by atoms with E-state index in [2.05, 4.69) is 10.1 Å². The predicted octanol–water partition coefficient (Wildman–Crippen LogP) is 0.671. The Morgan fingerprint density at radius 2 is 2.67 bits per heavy atom. The zero-order valence-electron chi connectivity index (χ0n) is 5.26. The third kappa shape index (κ3) is 1.45. The third-order valence-electron chi connectivity index (χ3n) is 1.12. The van der Waals surface area contributed by atoms with Gasteiger partial charge in [0.05, 0.1) is 6.04 Å². The predicted molar refractivity (Wildman–Crippen MR) is 33.1 cm³/mol. The molecule has 1 fully saturated rings. The Morgan fingerprint density at radius 1 is 1.89 bits per heavy atom. The standard InChI is InChI=1S/C6H9NO2/c1-2-3-5-4-9-6(8)7-5/h2-3,5H,4H2,1H3,(H,7,8)/b3-2-. The lowest BCUT2D eigenvalue weighted by molar-refractivity contribution is 0.177. The van der Waals surface area contributed by atoms with Crippen molar-refractivity contribution in [1.29, 1.82) is 0 Å². The largest absolute Gasteiger partial charge is 0.447 e. The second-order valence-corrected chi connectivity index (χ2v) is 1.88. The highest BCUT2D eigenvalue weighted by atomic mass is 16.6. The van der Waals surface area contributed by atoms with E-state index in [1.807, 2.05) is 19.1 Å². The van der Waals surface area contributed by atoms with Gasteiger partial charge in [-0.15, -0.1) is 0 Å². The van der Waals surface area contributed by atoms with Gasteiger partial charge in [-0.25, -0.2) is 4.79 Å². The lowest BCUT2D eigenvalue weighted by Gasteiger charge is -1.94. The number of cyclic esters (lactones) is 1. The number of carbonyl (C=O) groups excluding carboxylic acids is 1. The number of hydrogen-bond donors (Lipinski definition) is 1. The zero-order valence-corrected chi connectivity index (χ0v) is 5.26. The number of carbonyl (C=O) groups is 1. The van der Waals surface area contributed by atoms with Crippen LogP contribution in [0.5, 0.6) is 0 Å². The average molecular weight is 127 g/mol. The summed E-state index contributed by atoms with van der Waals surface area (Å²) in [5.41, 5.74) is 0. The van der Waals surface area contributed by atoms with Gasteiger partial charge in [-0.1, -0.05) is 12.2 Å². The Kier molecular flexibility index (Phi) is 1.72. The molecule has 0 bridgehead atoms. The Bertz CT molecular complexity index is 142. The molecule has 0 aliphatic carbocycles. The van der Waals surface area contributed by atoms with E-state index in [-0.39, 0.29) is 12.1 Å². The maximum absolute atomic E-state index is 10.4. The molecule has 1 saturated heterocycles. The maximum Gasteiger partial charge on any atom is 0.407 e. The van der Waals surface area contributed by atoms with Crippen LogP contribution in [0.25, 0.3) is 0 Å². The van der Waals surface area contributed by atoms with Crippen LogP contribution in [0.3, 0.4) is 0 Å². The van der Waals surface area contributed by atoms with Crippen molar-refractivity contribution in [3.05, 3.63) is 12.2 Å². The second kappa shape index (κ2) is 2.53. The zero-order chi connectivity index (χ0) is 6.69. The minimum absolute atomic E-state index is 0.0856. The fourth-order valence-corrected chi connectivity index (χ4v) is 0.736. The first-order valence-corrected chi connectivity index (χ1v) is 2.89. The van der Waals surface area contributed by atoms with E-state index in [9.17, 15) is 4.79 Å². The highest BCUT2D eigenvalue weighted by molar-refractivity contribution is 5.70. The summed E-state index contributed by atoms with van der Waals surface area (Å²) >= 11 is 0. The molecule has 0 spiro atoms. The number of ether oxygens (including phenoxy) is 1. The van der Waals surface area contributed by atoms with Crippen LogP contribution < -0.4 is 5.32 Å². The van der Waals surface area contributed by atoms with Crippen molar-refractivity contribution in [1.82, 2.24) is 5.32 Å². The molecule has 0 radical (unpaired) electrons. The minimum Gasteiger partial charge on any atom is -0.447 e. The number of allylic oxidation sites excluding steroid dienone is 1. The van der Waals surface area contributed by atoms with E-state index < -0.39 is 0 Å². The molecular weight excluding hydrogens is 118 g/mol. The first kappa shape index (κ1) is 6.13. The van der Waals surface area contributed by atoms with Gasteiger partial charge in [-0.2, -0.15) is 0 Å². The minimum atomic E-state index is -0.321. The average Bonchev–Trinajstić information content (AvgIpc) is 2.17.